The van der Waals surface area contributed by atoms with Gasteiger partial charge in [-0.1, -0.05) is 13.8 Å². The van der Waals surface area contributed by atoms with Crippen LogP contribution in [0.2, 0.25) is 0 Å². The number of amides is 1. The van der Waals surface area contributed by atoms with Gasteiger partial charge < -0.3 is 15.1 Å². The summed E-state index contributed by atoms with van der Waals surface area (Å²) in [6.07, 6.45) is 2.56. The first-order valence-electron chi connectivity index (χ1n) is 6.90. The van der Waals surface area contributed by atoms with Crippen LogP contribution in [0.15, 0.2) is 10.6 Å². The predicted molar refractivity (Wildman–Crippen MR) is 72.6 cm³/mol. The molecule has 19 heavy (non-hydrogen) atoms. The van der Waals surface area contributed by atoms with E-state index in [0.29, 0.717) is 11.8 Å². The Morgan fingerprint density at radius 1 is 1.53 bits per heavy atom. The van der Waals surface area contributed by atoms with Crippen molar-refractivity contribution in [3.8, 4) is 0 Å². The normalized spacial score (nSPS) is 24.7. The van der Waals surface area contributed by atoms with Gasteiger partial charge in [0.2, 0.25) is 11.8 Å². The highest BCUT2D eigenvalue weighted by Gasteiger charge is 2.44. The van der Waals surface area contributed by atoms with Gasteiger partial charge in [-0.05, 0) is 32.7 Å². The fourth-order valence-corrected chi connectivity index (χ4v) is 2.63. The van der Waals surface area contributed by atoms with Crippen molar-refractivity contribution in [3.63, 3.8) is 0 Å². The van der Waals surface area contributed by atoms with Gasteiger partial charge in [-0.25, -0.2) is 4.98 Å². The fourth-order valence-electron chi connectivity index (χ4n) is 2.63. The molecule has 0 bridgehead atoms. The van der Waals surface area contributed by atoms with Crippen molar-refractivity contribution >= 4 is 5.91 Å². The number of hydrogen-bond donors (Lipinski definition) is 2. The van der Waals surface area contributed by atoms with E-state index in [1.165, 1.54) is 0 Å². The maximum absolute atomic E-state index is 12.6. The highest BCUT2D eigenvalue weighted by molar-refractivity contribution is 5.83. The molecule has 1 aliphatic heterocycles. The van der Waals surface area contributed by atoms with Crippen molar-refractivity contribution in [1.82, 2.24) is 15.6 Å². The lowest BCUT2D eigenvalue weighted by atomic mass is 9.75. The highest BCUT2D eigenvalue weighted by Crippen LogP contribution is 2.35. The van der Waals surface area contributed by atoms with Crippen molar-refractivity contribution in [3.05, 3.63) is 17.8 Å². The monoisotopic (exact) mass is 265 g/mol. The van der Waals surface area contributed by atoms with Crippen LogP contribution >= 0.6 is 0 Å². The zero-order chi connectivity index (χ0) is 14.0. The number of carbonyl (C=O) groups is 1. The molecular formula is C14H23N3O2. The van der Waals surface area contributed by atoms with Crippen LogP contribution in [0, 0.1) is 18.3 Å². The first-order chi connectivity index (χ1) is 8.95. The quantitative estimate of drug-likeness (QED) is 0.871. The lowest BCUT2D eigenvalue weighted by Crippen LogP contribution is -2.46. The number of carbonyl (C=O) groups excluding carboxylic acids is 1. The van der Waals surface area contributed by atoms with Crippen LogP contribution in [0.25, 0.3) is 0 Å². The van der Waals surface area contributed by atoms with Crippen molar-refractivity contribution in [2.75, 3.05) is 13.1 Å². The van der Waals surface area contributed by atoms with Gasteiger partial charge in [0.05, 0.1) is 11.6 Å². The first-order valence-corrected chi connectivity index (χ1v) is 6.90. The zero-order valence-corrected chi connectivity index (χ0v) is 12.1. The Morgan fingerprint density at radius 3 is 2.74 bits per heavy atom. The van der Waals surface area contributed by atoms with Gasteiger partial charge in [-0.15, -0.1) is 0 Å². The van der Waals surface area contributed by atoms with Crippen molar-refractivity contribution < 1.29 is 9.21 Å². The van der Waals surface area contributed by atoms with Crippen molar-refractivity contribution in [2.45, 2.75) is 40.2 Å². The zero-order valence-electron chi connectivity index (χ0n) is 12.1. The van der Waals surface area contributed by atoms with E-state index >= 15 is 0 Å². The molecule has 1 aromatic heterocycles. The molecule has 1 amide bonds. The average Bonchev–Trinajstić information content (AvgIpc) is 2.97. The molecule has 0 saturated carbocycles. The summed E-state index contributed by atoms with van der Waals surface area (Å²) in [6.45, 7) is 9.60. The van der Waals surface area contributed by atoms with Crippen molar-refractivity contribution in [1.29, 1.82) is 0 Å². The summed E-state index contributed by atoms with van der Waals surface area (Å²) >= 11 is 0. The topological polar surface area (TPSA) is 67.2 Å². The Balaban J connectivity index is 2.07. The molecule has 5 nitrogen and oxygen atoms in total. The van der Waals surface area contributed by atoms with E-state index in [1.54, 1.807) is 6.20 Å². The second-order valence-corrected chi connectivity index (χ2v) is 5.74. The molecule has 2 rings (SSSR count). The molecule has 1 fully saturated rings. The second-order valence-electron chi connectivity index (χ2n) is 5.74. The summed E-state index contributed by atoms with van der Waals surface area (Å²) in [6, 6.07) is -0.197. The van der Waals surface area contributed by atoms with Crippen molar-refractivity contribution in [2.24, 2.45) is 11.3 Å². The van der Waals surface area contributed by atoms with Crippen LogP contribution in [0.3, 0.4) is 0 Å². The van der Waals surface area contributed by atoms with E-state index in [2.05, 4.69) is 29.5 Å². The summed E-state index contributed by atoms with van der Waals surface area (Å²) in [7, 11) is 0. The Morgan fingerprint density at radius 2 is 2.26 bits per heavy atom. The van der Waals surface area contributed by atoms with E-state index in [1.807, 2.05) is 13.8 Å². The minimum Gasteiger partial charge on any atom is -0.444 e. The van der Waals surface area contributed by atoms with E-state index in [4.69, 9.17) is 4.42 Å². The van der Waals surface area contributed by atoms with Gasteiger partial charge in [0.25, 0.3) is 0 Å². The standard InChI is InChI=1S/C14H23N3O2/c1-9(2)14(5-6-15-8-14)13(18)17-11(4)12-16-7-10(3)19-12/h7,9,11,15H,5-6,8H2,1-4H3,(H,17,18). The third-order valence-corrected chi connectivity index (χ3v) is 4.10. The minimum atomic E-state index is -0.310. The molecule has 2 atom stereocenters. The lowest BCUT2D eigenvalue weighted by Gasteiger charge is -2.32. The van der Waals surface area contributed by atoms with Gasteiger partial charge >= 0.3 is 0 Å². The SMILES string of the molecule is Cc1cnc(C(C)NC(=O)C2(C(C)C)CCNC2)o1. The molecule has 1 aromatic rings. The number of oxazole rings is 1. The minimum absolute atomic E-state index is 0.0934. The molecule has 106 valence electrons. The Hall–Kier alpha value is -1.36. The number of hydrogen-bond acceptors (Lipinski definition) is 4. The van der Waals surface area contributed by atoms with Gasteiger partial charge in [0.15, 0.2) is 0 Å². The molecular weight excluding hydrogens is 242 g/mol. The molecule has 2 heterocycles. The maximum atomic E-state index is 12.6. The Bertz CT molecular complexity index is 447. The van der Waals surface area contributed by atoms with Gasteiger partial charge in [0.1, 0.15) is 11.8 Å². The summed E-state index contributed by atoms with van der Waals surface area (Å²) < 4.78 is 5.46. The van der Waals surface area contributed by atoms with Gasteiger partial charge in [-0.2, -0.15) is 0 Å². The fraction of sp³-hybridized carbons (Fsp3) is 0.714. The lowest BCUT2D eigenvalue weighted by molar-refractivity contribution is -0.133. The largest absolute Gasteiger partial charge is 0.444 e. The van der Waals surface area contributed by atoms with E-state index in [0.717, 1.165) is 25.3 Å². The maximum Gasteiger partial charge on any atom is 0.228 e. The molecule has 1 saturated heterocycles. The number of nitrogens with one attached hydrogen (secondary N) is 2. The molecule has 0 spiro atoms. The predicted octanol–water partition coefficient (Wildman–Crippen LogP) is 1.80. The smallest absolute Gasteiger partial charge is 0.228 e. The summed E-state index contributed by atoms with van der Waals surface area (Å²) in [5.41, 5.74) is -0.310. The third-order valence-electron chi connectivity index (χ3n) is 4.10. The van der Waals surface area contributed by atoms with Gasteiger partial charge in [0, 0.05) is 6.54 Å². The summed E-state index contributed by atoms with van der Waals surface area (Å²) in [5.74, 6) is 1.73. The van der Waals surface area contributed by atoms with E-state index < -0.39 is 0 Å². The van der Waals surface area contributed by atoms with Crippen LogP contribution in [-0.4, -0.2) is 24.0 Å². The number of rotatable bonds is 4. The van der Waals surface area contributed by atoms with Crippen LogP contribution < -0.4 is 10.6 Å². The Kier molecular flexibility index (Phi) is 3.94. The molecule has 0 aliphatic carbocycles. The highest BCUT2D eigenvalue weighted by atomic mass is 16.4. The average molecular weight is 265 g/mol. The third kappa shape index (κ3) is 2.66. The first kappa shape index (κ1) is 14.1. The second kappa shape index (κ2) is 5.33. The molecule has 0 radical (unpaired) electrons. The summed E-state index contributed by atoms with van der Waals surface area (Å²) in [4.78, 5) is 16.7. The van der Waals surface area contributed by atoms with Crippen LogP contribution in [-0.2, 0) is 4.79 Å². The number of aryl methyl sites for hydroxylation is 1. The molecule has 0 aromatic carbocycles. The Labute approximate surface area is 114 Å². The van der Waals surface area contributed by atoms with E-state index in [9.17, 15) is 4.79 Å². The summed E-state index contributed by atoms with van der Waals surface area (Å²) in [5, 5.41) is 6.33. The molecule has 1 aliphatic rings. The van der Waals surface area contributed by atoms with Crippen LogP contribution in [0.1, 0.15) is 44.9 Å². The molecule has 5 heteroatoms. The van der Waals surface area contributed by atoms with Gasteiger partial charge in [-0.3, -0.25) is 4.79 Å². The van der Waals surface area contributed by atoms with Crippen LogP contribution in [0.4, 0.5) is 0 Å². The van der Waals surface area contributed by atoms with Crippen LogP contribution in [0.5, 0.6) is 0 Å². The number of aromatic nitrogens is 1. The number of nitrogens with zero attached hydrogens (tertiary/aromatic N) is 1. The molecule has 2 N–H and O–H groups in total. The van der Waals surface area contributed by atoms with E-state index in [-0.39, 0.29) is 17.4 Å². The molecule has 2 unspecified atom stereocenters.